The Morgan fingerprint density at radius 1 is 1.22 bits per heavy atom. The molecule has 0 amide bonds. The highest BCUT2D eigenvalue weighted by Gasteiger charge is 2.24. The number of H-pyrrole nitrogens is 1. The van der Waals surface area contributed by atoms with Gasteiger partial charge in [-0.3, -0.25) is 10.4 Å². The molecule has 12 heteroatoms. The summed E-state index contributed by atoms with van der Waals surface area (Å²) in [5.41, 5.74) is 7.56. The highest BCUT2D eigenvalue weighted by atomic mass is 16.5. The maximum absolute atomic E-state index is 12.8. The molecule has 4 rings (SSSR count). The van der Waals surface area contributed by atoms with Crippen LogP contribution in [-0.2, 0) is 6.42 Å². The number of hydrogen-bond acceptors (Lipinski definition) is 9. The van der Waals surface area contributed by atoms with Gasteiger partial charge >= 0.3 is 5.69 Å². The molecule has 2 aromatic carbocycles. The zero-order valence-corrected chi connectivity index (χ0v) is 19.5. The average molecular weight is 486 g/mol. The predicted molar refractivity (Wildman–Crippen MR) is 132 cm³/mol. The van der Waals surface area contributed by atoms with Crippen molar-refractivity contribution >= 4 is 11.5 Å². The van der Waals surface area contributed by atoms with Crippen LogP contribution in [0.2, 0.25) is 0 Å². The number of rotatable bonds is 9. The molecule has 0 aliphatic heterocycles. The lowest BCUT2D eigenvalue weighted by atomic mass is 9.99. The second-order valence-corrected chi connectivity index (χ2v) is 7.59. The Balaban J connectivity index is 1.85. The third kappa shape index (κ3) is 4.85. The summed E-state index contributed by atoms with van der Waals surface area (Å²) in [7, 11) is 3.01. The minimum Gasteiger partial charge on any atom is -0.493 e. The van der Waals surface area contributed by atoms with E-state index in [0.717, 1.165) is 4.68 Å². The molecule has 0 radical (unpaired) electrons. The van der Waals surface area contributed by atoms with Crippen molar-refractivity contribution in [1.29, 1.82) is 10.7 Å². The van der Waals surface area contributed by atoms with Crippen LogP contribution in [0.1, 0.15) is 28.6 Å². The molecule has 0 saturated carbocycles. The highest BCUT2D eigenvalue weighted by molar-refractivity contribution is 5.95. The van der Waals surface area contributed by atoms with Crippen molar-refractivity contribution in [3.8, 4) is 23.5 Å². The topological polar surface area (TPSA) is 181 Å². The number of aromatic amines is 1. The molecule has 36 heavy (non-hydrogen) atoms. The van der Waals surface area contributed by atoms with E-state index in [2.05, 4.69) is 31.4 Å². The van der Waals surface area contributed by atoms with E-state index in [9.17, 15) is 10.1 Å². The Kier molecular flexibility index (Phi) is 6.92. The van der Waals surface area contributed by atoms with Crippen LogP contribution < -0.4 is 26.2 Å². The smallest absolute Gasteiger partial charge is 0.350 e. The zero-order valence-electron chi connectivity index (χ0n) is 19.5. The van der Waals surface area contributed by atoms with Gasteiger partial charge in [0.15, 0.2) is 17.3 Å². The SMILES string of the molecule is COc1cc(C(Nc2ccc(C(=N)N)cc2)c2nn(-c3ncccn3)c(=O)[nH]2)cc(CC#N)c1OC. The quantitative estimate of drug-likeness (QED) is 0.203. The number of ether oxygens (including phenoxy) is 2. The van der Waals surface area contributed by atoms with E-state index < -0.39 is 11.7 Å². The predicted octanol–water partition coefficient (Wildman–Crippen LogP) is 1.92. The summed E-state index contributed by atoms with van der Waals surface area (Å²) >= 11 is 0. The Hall–Kier alpha value is -5.18. The molecule has 5 N–H and O–H groups in total. The molecule has 0 fully saturated rings. The van der Waals surface area contributed by atoms with E-state index in [4.69, 9.17) is 20.6 Å². The van der Waals surface area contributed by atoms with Gasteiger partial charge in [-0.05, 0) is 48.0 Å². The molecule has 4 aromatic rings. The van der Waals surface area contributed by atoms with Crippen molar-refractivity contribution in [2.75, 3.05) is 19.5 Å². The molecule has 1 atom stereocenters. The van der Waals surface area contributed by atoms with Gasteiger partial charge in [-0.1, -0.05) is 0 Å². The zero-order chi connectivity index (χ0) is 25.7. The Bertz CT molecular complexity index is 1470. The lowest BCUT2D eigenvalue weighted by Gasteiger charge is -2.21. The molecule has 0 aliphatic carbocycles. The molecule has 1 unspecified atom stereocenters. The first-order chi connectivity index (χ1) is 17.4. The minimum atomic E-state index is -0.678. The van der Waals surface area contributed by atoms with Crippen LogP contribution in [-0.4, -0.2) is 44.8 Å². The van der Waals surface area contributed by atoms with Crippen molar-refractivity contribution < 1.29 is 9.47 Å². The Morgan fingerprint density at radius 3 is 2.56 bits per heavy atom. The van der Waals surface area contributed by atoms with Crippen LogP contribution in [0.5, 0.6) is 11.5 Å². The fourth-order valence-corrected chi connectivity index (χ4v) is 3.68. The Labute approximate surface area is 205 Å². The molecule has 2 heterocycles. The van der Waals surface area contributed by atoms with E-state index in [1.54, 1.807) is 42.5 Å². The summed E-state index contributed by atoms with van der Waals surface area (Å²) < 4.78 is 12.1. The fourth-order valence-electron chi connectivity index (χ4n) is 3.68. The second kappa shape index (κ2) is 10.4. The summed E-state index contributed by atoms with van der Waals surface area (Å²) in [4.78, 5) is 23.7. The van der Waals surface area contributed by atoms with Crippen LogP contribution in [0, 0.1) is 16.7 Å². The van der Waals surface area contributed by atoms with Gasteiger partial charge in [0.2, 0.25) is 0 Å². The van der Waals surface area contributed by atoms with E-state index in [1.807, 2.05) is 0 Å². The van der Waals surface area contributed by atoms with Crippen LogP contribution in [0.3, 0.4) is 0 Å². The van der Waals surface area contributed by atoms with E-state index in [-0.39, 0.29) is 24.0 Å². The number of aromatic nitrogens is 5. The number of benzene rings is 2. The third-order valence-corrected chi connectivity index (χ3v) is 5.34. The first-order valence-electron chi connectivity index (χ1n) is 10.7. The number of nitriles is 1. The number of nitrogens with two attached hydrogens (primary N) is 1. The standard InChI is InChI=1S/C24H23N9O3/c1-35-18-13-16(12-15(8-9-25)20(18)36-2)19(30-17-6-4-14(5-7-17)21(26)27)22-31-24(34)33(32-22)23-28-10-3-11-29-23/h3-7,10-13,19,30H,8H2,1-2H3,(H3,26,27)(H,31,32,34). The van der Waals surface area contributed by atoms with Gasteiger partial charge in [0.1, 0.15) is 11.9 Å². The molecular formula is C24H23N9O3. The number of hydrogen-bond donors (Lipinski definition) is 4. The fraction of sp³-hybridized carbons (Fsp3) is 0.167. The molecule has 2 aromatic heterocycles. The van der Waals surface area contributed by atoms with Crippen molar-refractivity contribution in [3.05, 3.63) is 87.9 Å². The van der Waals surface area contributed by atoms with Crippen LogP contribution in [0.4, 0.5) is 5.69 Å². The van der Waals surface area contributed by atoms with Crippen LogP contribution >= 0.6 is 0 Å². The molecular weight excluding hydrogens is 462 g/mol. The number of nitrogens with zero attached hydrogens (tertiary/aromatic N) is 5. The first kappa shape index (κ1) is 24.0. The molecule has 182 valence electrons. The van der Waals surface area contributed by atoms with Crippen LogP contribution in [0.25, 0.3) is 5.95 Å². The van der Waals surface area contributed by atoms with Crippen molar-refractivity contribution in [1.82, 2.24) is 24.7 Å². The minimum absolute atomic E-state index is 0.0509. The van der Waals surface area contributed by atoms with Crippen molar-refractivity contribution in [3.63, 3.8) is 0 Å². The molecule has 0 spiro atoms. The largest absolute Gasteiger partial charge is 0.493 e. The van der Waals surface area contributed by atoms with Gasteiger partial charge in [0.05, 0.1) is 26.7 Å². The molecule has 0 aliphatic rings. The summed E-state index contributed by atoms with van der Waals surface area (Å²) in [6.07, 6.45) is 3.10. The lowest BCUT2D eigenvalue weighted by Crippen LogP contribution is -2.18. The van der Waals surface area contributed by atoms with Crippen LogP contribution in [0.15, 0.2) is 59.7 Å². The summed E-state index contributed by atoms with van der Waals surface area (Å²) in [6, 6.07) is 13.6. The number of nitrogens with one attached hydrogen (secondary N) is 3. The van der Waals surface area contributed by atoms with Gasteiger partial charge in [0, 0.05) is 29.2 Å². The van der Waals surface area contributed by atoms with Gasteiger partial charge < -0.3 is 20.5 Å². The summed E-state index contributed by atoms with van der Waals surface area (Å²) in [5, 5.41) is 24.8. The molecule has 0 bridgehead atoms. The summed E-state index contributed by atoms with van der Waals surface area (Å²) in [6.45, 7) is 0. The number of anilines is 1. The van der Waals surface area contributed by atoms with Gasteiger partial charge in [0.25, 0.3) is 5.95 Å². The van der Waals surface area contributed by atoms with Crippen molar-refractivity contribution in [2.24, 2.45) is 5.73 Å². The highest BCUT2D eigenvalue weighted by Crippen LogP contribution is 2.37. The van der Waals surface area contributed by atoms with E-state index >= 15 is 0 Å². The third-order valence-electron chi connectivity index (χ3n) is 5.34. The number of nitrogen functional groups attached to an aromatic ring is 1. The summed E-state index contributed by atoms with van der Waals surface area (Å²) in [5.74, 6) is 1.21. The number of methoxy groups -OCH3 is 2. The molecule has 12 nitrogen and oxygen atoms in total. The van der Waals surface area contributed by atoms with Gasteiger partial charge in [-0.15, -0.1) is 9.78 Å². The monoisotopic (exact) mass is 485 g/mol. The van der Waals surface area contributed by atoms with Gasteiger partial charge in [-0.25, -0.2) is 14.8 Å². The first-order valence-corrected chi connectivity index (χ1v) is 10.7. The number of amidine groups is 1. The van der Waals surface area contributed by atoms with Crippen molar-refractivity contribution in [2.45, 2.75) is 12.5 Å². The maximum Gasteiger partial charge on any atom is 0.350 e. The average Bonchev–Trinajstić information content (AvgIpc) is 3.28. The normalized spacial score (nSPS) is 11.4. The second-order valence-electron chi connectivity index (χ2n) is 7.59. The van der Waals surface area contributed by atoms with E-state index in [0.29, 0.717) is 33.9 Å². The molecule has 0 saturated heterocycles. The maximum atomic E-state index is 12.8. The Morgan fingerprint density at radius 2 is 1.94 bits per heavy atom. The van der Waals surface area contributed by atoms with Gasteiger partial charge in [-0.2, -0.15) is 5.26 Å². The lowest BCUT2D eigenvalue weighted by molar-refractivity contribution is 0.352. The van der Waals surface area contributed by atoms with E-state index in [1.165, 1.54) is 26.6 Å².